The number of benzene rings is 1. The van der Waals surface area contributed by atoms with Crippen LogP contribution in [0.25, 0.3) is 11.3 Å². The normalized spacial score (nSPS) is 13.9. The highest BCUT2D eigenvalue weighted by Crippen LogP contribution is 2.40. The molecule has 2 heterocycles. The van der Waals surface area contributed by atoms with E-state index in [4.69, 9.17) is 18.0 Å². The molecule has 0 fully saturated rings. The lowest BCUT2D eigenvalue weighted by molar-refractivity contribution is -0.137. The molecule has 0 amide bonds. The molecule has 8 heteroatoms. The number of anilines is 1. The molecule has 3 N–H and O–H groups in total. The first-order valence-electron chi connectivity index (χ1n) is 6.22. The van der Waals surface area contributed by atoms with E-state index in [2.05, 4.69) is 10.4 Å². The summed E-state index contributed by atoms with van der Waals surface area (Å²) in [6, 6.07) is 5.37. The molecule has 21 heavy (non-hydrogen) atoms. The second-order valence-corrected chi connectivity index (χ2v) is 5.06. The van der Waals surface area contributed by atoms with Gasteiger partial charge in [-0.3, -0.25) is 0 Å². The summed E-state index contributed by atoms with van der Waals surface area (Å²) in [7, 11) is 0. The first kappa shape index (κ1) is 13.9. The Morgan fingerprint density at radius 2 is 2.05 bits per heavy atom. The van der Waals surface area contributed by atoms with Gasteiger partial charge >= 0.3 is 6.18 Å². The third-order valence-electron chi connectivity index (χ3n) is 3.35. The predicted molar refractivity (Wildman–Crippen MR) is 77.0 cm³/mol. The first-order chi connectivity index (χ1) is 9.89. The van der Waals surface area contributed by atoms with Crippen molar-refractivity contribution in [3.63, 3.8) is 0 Å². The smallest absolute Gasteiger partial charge is 0.374 e. The van der Waals surface area contributed by atoms with Crippen LogP contribution in [-0.2, 0) is 12.6 Å². The van der Waals surface area contributed by atoms with Gasteiger partial charge in [0.15, 0.2) is 5.11 Å². The standard InChI is InChI=1S/C13H11F3N4S/c14-13(15,16)9-4-2-1-3-7(9)10-8-5-6-18-11(8)20(19-10)12(17)21/h1-4,18H,5-6H2,(H2,17,21). The second kappa shape index (κ2) is 4.73. The number of hydrogen-bond donors (Lipinski definition) is 2. The van der Waals surface area contributed by atoms with Crippen LogP contribution in [0.4, 0.5) is 19.0 Å². The van der Waals surface area contributed by atoms with Gasteiger partial charge in [0, 0.05) is 17.7 Å². The number of fused-ring (bicyclic) bond motifs is 1. The largest absolute Gasteiger partial charge is 0.417 e. The predicted octanol–water partition coefficient (Wildman–Crippen LogP) is 2.63. The molecule has 1 aromatic carbocycles. The Hall–Kier alpha value is -2.09. The maximum Gasteiger partial charge on any atom is 0.417 e. The van der Waals surface area contributed by atoms with E-state index in [-0.39, 0.29) is 16.4 Å². The summed E-state index contributed by atoms with van der Waals surface area (Å²) >= 11 is 4.89. The number of hydrogen-bond acceptors (Lipinski definition) is 3. The van der Waals surface area contributed by atoms with Crippen LogP contribution in [0.5, 0.6) is 0 Å². The minimum atomic E-state index is -4.44. The summed E-state index contributed by atoms with van der Waals surface area (Å²) in [4.78, 5) is 0. The second-order valence-electron chi connectivity index (χ2n) is 4.65. The highest BCUT2D eigenvalue weighted by Gasteiger charge is 2.35. The Labute approximate surface area is 123 Å². The molecule has 1 aliphatic rings. The summed E-state index contributed by atoms with van der Waals surface area (Å²) in [5.74, 6) is 0.578. The molecule has 1 aliphatic heterocycles. The molecule has 3 rings (SSSR count). The van der Waals surface area contributed by atoms with Gasteiger partial charge in [-0.15, -0.1) is 0 Å². The van der Waals surface area contributed by atoms with Crippen LogP contribution in [0.1, 0.15) is 11.1 Å². The van der Waals surface area contributed by atoms with Crippen molar-refractivity contribution < 1.29 is 13.2 Å². The van der Waals surface area contributed by atoms with Crippen molar-refractivity contribution in [2.24, 2.45) is 5.73 Å². The molecule has 0 saturated heterocycles. The molecule has 110 valence electrons. The van der Waals surface area contributed by atoms with Gasteiger partial charge in [-0.2, -0.15) is 23.0 Å². The van der Waals surface area contributed by atoms with Crippen molar-refractivity contribution >= 4 is 23.1 Å². The molecule has 1 aromatic heterocycles. The van der Waals surface area contributed by atoms with E-state index < -0.39 is 11.7 Å². The van der Waals surface area contributed by atoms with Gasteiger partial charge in [0.2, 0.25) is 0 Å². The van der Waals surface area contributed by atoms with Crippen molar-refractivity contribution in [3.8, 4) is 11.3 Å². The van der Waals surface area contributed by atoms with E-state index in [1.165, 1.54) is 16.8 Å². The van der Waals surface area contributed by atoms with Gasteiger partial charge in [0.1, 0.15) is 5.82 Å². The number of halogens is 3. The average Bonchev–Trinajstić information content (AvgIpc) is 2.98. The molecule has 0 spiro atoms. The molecular formula is C13H11F3N4S. The topological polar surface area (TPSA) is 55.9 Å². The number of nitrogens with one attached hydrogen (secondary N) is 1. The fourth-order valence-corrected chi connectivity index (χ4v) is 2.62. The molecule has 0 saturated carbocycles. The van der Waals surface area contributed by atoms with Crippen LogP contribution < -0.4 is 11.1 Å². The summed E-state index contributed by atoms with van der Waals surface area (Å²) in [5.41, 5.74) is 5.88. The van der Waals surface area contributed by atoms with E-state index in [9.17, 15) is 13.2 Å². The zero-order chi connectivity index (χ0) is 15.2. The SMILES string of the molecule is NC(=S)n1nc(-c2ccccc2C(F)(F)F)c2c1NCC2. The zero-order valence-corrected chi connectivity index (χ0v) is 11.6. The van der Waals surface area contributed by atoms with Crippen LogP contribution in [0.3, 0.4) is 0 Å². The Kier molecular flexibility index (Phi) is 3.12. The van der Waals surface area contributed by atoms with Gasteiger partial charge in [-0.05, 0) is 24.7 Å². The van der Waals surface area contributed by atoms with E-state index >= 15 is 0 Å². The Balaban J connectivity index is 2.24. The number of nitrogens with two attached hydrogens (primary N) is 1. The minimum Gasteiger partial charge on any atom is -0.374 e. The summed E-state index contributed by atoms with van der Waals surface area (Å²) in [6.45, 7) is 0.622. The van der Waals surface area contributed by atoms with Gasteiger partial charge in [-0.1, -0.05) is 18.2 Å². The molecule has 0 aliphatic carbocycles. The number of aromatic nitrogens is 2. The third-order valence-corrected chi connectivity index (χ3v) is 3.52. The Morgan fingerprint density at radius 3 is 2.71 bits per heavy atom. The third kappa shape index (κ3) is 2.25. The fraction of sp³-hybridized carbons (Fsp3) is 0.231. The average molecular weight is 312 g/mol. The number of alkyl halides is 3. The molecule has 2 aromatic rings. The van der Waals surface area contributed by atoms with E-state index in [0.29, 0.717) is 24.3 Å². The zero-order valence-electron chi connectivity index (χ0n) is 10.7. The Bertz CT molecular complexity index is 721. The number of nitrogens with zero attached hydrogens (tertiary/aromatic N) is 2. The number of rotatable bonds is 1. The van der Waals surface area contributed by atoms with Crippen molar-refractivity contribution in [1.82, 2.24) is 9.78 Å². The monoisotopic (exact) mass is 312 g/mol. The summed E-state index contributed by atoms with van der Waals surface area (Å²) in [6.07, 6.45) is -3.86. The fourth-order valence-electron chi connectivity index (χ4n) is 2.49. The van der Waals surface area contributed by atoms with Gasteiger partial charge in [0.25, 0.3) is 0 Å². The van der Waals surface area contributed by atoms with E-state index in [1.54, 1.807) is 6.07 Å². The maximum atomic E-state index is 13.2. The minimum absolute atomic E-state index is 0.00334. The van der Waals surface area contributed by atoms with Gasteiger partial charge in [0.05, 0.1) is 11.3 Å². The van der Waals surface area contributed by atoms with Crippen LogP contribution >= 0.6 is 12.2 Å². The van der Waals surface area contributed by atoms with Crippen LogP contribution in [0.2, 0.25) is 0 Å². The van der Waals surface area contributed by atoms with Crippen LogP contribution in [0.15, 0.2) is 24.3 Å². The molecule has 0 atom stereocenters. The van der Waals surface area contributed by atoms with Crippen molar-refractivity contribution in [1.29, 1.82) is 0 Å². The van der Waals surface area contributed by atoms with Gasteiger partial charge in [-0.25, -0.2) is 0 Å². The molecule has 0 unspecified atom stereocenters. The van der Waals surface area contributed by atoms with E-state index in [1.807, 2.05) is 0 Å². The van der Waals surface area contributed by atoms with Crippen molar-refractivity contribution in [2.75, 3.05) is 11.9 Å². The number of thiocarbonyl (C=S) groups is 1. The molecule has 4 nitrogen and oxygen atoms in total. The molecular weight excluding hydrogens is 301 g/mol. The quantitative estimate of drug-likeness (QED) is 0.795. The lowest BCUT2D eigenvalue weighted by atomic mass is 10.0. The lowest BCUT2D eigenvalue weighted by Gasteiger charge is -2.11. The highest BCUT2D eigenvalue weighted by molar-refractivity contribution is 7.80. The highest BCUT2D eigenvalue weighted by atomic mass is 32.1. The molecule has 0 bridgehead atoms. The van der Waals surface area contributed by atoms with Crippen LogP contribution in [0, 0.1) is 0 Å². The van der Waals surface area contributed by atoms with Crippen molar-refractivity contribution in [3.05, 3.63) is 35.4 Å². The van der Waals surface area contributed by atoms with E-state index in [0.717, 1.165) is 6.07 Å². The summed E-state index contributed by atoms with van der Waals surface area (Å²) in [5, 5.41) is 7.21. The van der Waals surface area contributed by atoms with Crippen LogP contribution in [-0.4, -0.2) is 21.4 Å². The lowest BCUT2D eigenvalue weighted by Crippen LogP contribution is -2.22. The summed E-state index contributed by atoms with van der Waals surface area (Å²) < 4.78 is 40.7. The van der Waals surface area contributed by atoms with Crippen molar-refractivity contribution in [2.45, 2.75) is 12.6 Å². The molecule has 0 radical (unpaired) electrons. The van der Waals surface area contributed by atoms with Gasteiger partial charge < -0.3 is 11.1 Å². The maximum absolute atomic E-state index is 13.2. The Morgan fingerprint density at radius 1 is 1.33 bits per heavy atom. The first-order valence-corrected chi connectivity index (χ1v) is 6.62.